The molecule has 2 fully saturated rings. The van der Waals surface area contributed by atoms with Crippen molar-refractivity contribution in [2.75, 3.05) is 11.9 Å². The van der Waals surface area contributed by atoms with Crippen LogP contribution in [0, 0.1) is 5.41 Å². The number of amides is 1. The SMILES string of the molecule is O=C(Nc1ccc(C(CC2CCCO2)[C@H](NC2=C(Br)C(=O)C23CCCCC3)C(=O)O)cc1)c1c(Cl)cncc1Cl. The maximum absolute atomic E-state index is 12.9. The number of carboxylic acid groups (broad SMARTS) is 1. The fraction of sp³-hybridized carbons (Fsp3) is 0.448. The fourth-order valence-corrected chi connectivity index (χ4v) is 7.53. The smallest absolute Gasteiger partial charge is 0.326 e. The van der Waals surface area contributed by atoms with E-state index in [0.29, 0.717) is 28.9 Å². The molecule has 1 amide bonds. The Balaban J connectivity index is 1.40. The average Bonchev–Trinajstić information content (AvgIpc) is 3.46. The Morgan fingerprint density at radius 1 is 1.10 bits per heavy atom. The molecular formula is C29H30BrCl2N3O5. The molecule has 3 N–H and O–H groups in total. The topological polar surface area (TPSA) is 118 Å². The van der Waals surface area contributed by atoms with Gasteiger partial charge in [0.1, 0.15) is 6.04 Å². The number of anilines is 1. The Bertz CT molecular complexity index is 1320. The predicted molar refractivity (Wildman–Crippen MR) is 156 cm³/mol. The van der Waals surface area contributed by atoms with Crippen molar-refractivity contribution in [3.05, 3.63) is 68.0 Å². The molecule has 2 heterocycles. The largest absolute Gasteiger partial charge is 0.480 e. The molecule has 2 unspecified atom stereocenters. The van der Waals surface area contributed by atoms with E-state index >= 15 is 0 Å². The van der Waals surface area contributed by atoms with Gasteiger partial charge in [0, 0.05) is 36.3 Å². The molecule has 2 aliphatic carbocycles. The molecule has 0 bridgehead atoms. The third-order valence-corrected chi connectivity index (χ3v) is 9.56. The molecule has 2 aromatic rings. The van der Waals surface area contributed by atoms with Gasteiger partial charge in [-0.25, -0.2) is 4.79 Å². The summed E-state index contributed by atoms with van der Waals surface area (Å²) in [5.41, 5.74) is 1.50. The van der Waals surface area contributed by atoms with Gasteiger partial charge in [0.25, 0.3) is 5.91 Å². The molecular weight excluding hydrogens is 621 g/mol. The Labute approximate surface area is 251 Å². The standard InChI is InChI=1S/C29H30BrCl2N3O5/c30-23-25(29(26(23)36)10-2-1-3-11-29)35-24(28(38)39)19(13-18-5-4-12-40-18)16-6-8-17(9-7-16)34-27(37)22-20(31)14-33-15-21(22)32/h6-9,14-15,18-19,24,35H,1-5,10-13H2,(H,34,37)(H,38,39)/t18?,19?,24-/m0/s1. The number of Topliss-reactive ketones (excluding diaryl/α,β-unsaturated/α-hetero) is 1. The van der Waals surface area contributed by atoms with Crippen LogP contribution >= 0.6 is 39.1 Å². The van der Waals surface area contributed by atoms with E-state index < -0.39 is 29.3 Å². The molecule has 3 aliphatic rings. The molecule has 1 aromatic heterocycles. The van der Waals surface area contributed by atoms with Gasteiger partial charge in [-0.15, -0.1) is 0 Å². The average molecular weight is 651 g/mol. The highest BCUT2D eigenvalue weighted by Crippen LogP contribution is 2.53. The number of carboxylic acids is 1. The number of allylic oxidation sites excluding steroid dienone is 2. The number of pyridine rings is 1. The number of aliphatic carboxylic acids is 1. The first-order valence-electron chi connectivity index (χ1n) is 13.5. The minimum atomic E-state index is -1.000. The van der Waals surface area contributed by atoms with E-state index in [1.54, 1.807) is 12.1 Å². The summed E-state index contributed by atoms with van der Waals surface area (Å²) in [5, 5.41) is 16.8. The number of benzene rings is 1. The zero-order chi connectivity index (χ0) is 28.4. The zero-order valence-corrected chi connectivity index (χ0v) is 24.8. The maximum Gasteiger partial charge on any atom is 0.326 e. The van der Waals surface area contributed by atoms with E-state index in [1.165, 1.54) is 12.4 Å². The van der Waals surface area contributed by atoms with Gasteiger partial charge in [0.2, 0.25) is 0 Å². The number of aromatic nitrogens is 1. The molecule has 1 aromatic carbocycles. The lowest BCUT2D eigenvalue weighted by Crippen LogP contribution is -2.54. The van der Waals surface area contributed by atoms with Gasteiger partial charge in [0.05, 0.1) is 31.6 Å². The quantitative estimate of drug-likeness (QED) is 0.284. The second-order valence-corrected chi connectivity index (χ2v) is 12.3. The molecule has 212 valence electrons. The van der Waals surface area contributed by atoms with Crippen LogP contribution in [0.4, 0.5) is 5.69 Å². The Kier molecular flexibility index (Phi) is 8.85. The molecule has 1 spiro atoms. The number of hydrogen-bond acceptors (Lipinski definition) is 6. The summed E-state index contributed by atoms with van der Waals surface area (Å²) >= 11 is 15.7. The Morgan fingerprint density at radius 2 is 1.77 bits per heavy atom. The normalized spacial score (nSPS) is 21.6. The Morgan fingerprint density at radius 3 is 2.38 bits per heavy atom. The number of hydrogen-bond donors (Lipinski definition) is 3. The summed E-state index contributed by atoms with van der Waals surface area (Å²) in [6.07, 6.45) is 9.35. The van der Waals surface area contributed by atoms with E-state index in [4.69, 9.17) is 27.9 Å². The lowest BCUT2D eigenvalue weighted by molar-refractivity contribution is -0.141. The van der Waals surface area contributed by atoms with Gasteiger partial charge in [0.15, 0.2) is 5.78 Å². The van der Waals surface area contributed by atoms with Crippen LogP contribution in [-0.2, 0) is 14.3 Å². The number of ether oxygens (including phenoxy) is 1. The summed E-state index contributed by atoms with van der Waals surface area (Å²) in [7, 11) is 0. The first-order chi connectivity index (χ1) is 19.2. The number of halogens is 3. The van der Waals surface area contributed by atoms with Gasteiger partial charge < -0.3 is 20.5 Å². The fourth-order valence-electron chi connectivity index (χ4n) is 6.12. The lowest BCUT2D eigenvalue weighted by Gasteiger charge is -2.47. The van der Waals surface area contributed by atoms with Crippen LogP contribution in [0.1, 0.15) is 73.2 Å². The second-order valence-electron chi connectivity index (χ2n) is 10.7. The van der Waals surface area contributed by atoms with E-state index in [9.17, 15) is 19.5 Å². The first kappa shape index (κ1) is 29.0. The van der Waals surface area contributed by atoms with Gasteiger partial charge in [-0.1, -0.05) is 54.6 Å². The van der Waals surface area contributed by atoms with Crippen molar-refractivity contribution in [1.29, 1.82) is 0 Å². The highest BCUT2D eigenvalue weighted by atomic mass is 79.9. The molecule has 8 nitrogen and oxygen atoms in total. The summed E-state index contributed by atoms with van der Waals surface area (Å²) in [6, 6.07) is 6.10. The number of carbonyl (C=O) groups excluding carboxylic acids is 2. The van der Waals surface area contributed by atoms with Crippen molar-refractivity contribution in [3.8, 4) is 0 Å². The maximum atomic E-state index is 12.9. The van der Waals surface area contributed by atoms with Crippen LogP contribution in [-0.4, -0.2) is 46.5 Å². The molecule has 11 heteroatoms. The summed E-state index contributed by atoms with van der Waals surface area (Å²) < 4.78 is 6.34. The monoisotopic (exact) mass is 649 g/mol. The van der Waals surface area contributed by atoms with Gasteiger partial charge in [-0.2, -0.15) is 0 Å². The predicted octanol–water partition coefficient (Wildman–Crippen LogP) is 6.48. The van der Waals surface area contributed by atoms with E-state index in [-0.39, 0.29) is 27.5 Å². The van der Waals surface area contributed by atoms with Gasteiger partial charge in [-0.05, 0) is 65.7 Å². The van der Waals surface area contributed by atoms with Crippen LogP contribution in [0.25, 0.3) is 0 Å². The minimum absolute atomic E-state index is 0.0593. The summed E-state index contributed by atoms with van der Waals surface area (Å²) in [5.74, 6) is -1.86. The number of carbonyl (C=O) groups is 3. The van der Waals surface area contributed by atoms with Crippen LogP contribution in [0.15, 0.2) is 46.8 Å². The van der Waals surface area contributed by atoms with Crippen LogP contribution in [0.2, 0.25) is 10.0 Å². The van der Waals surface area contributed by atoms with Crippen molar-refractivity contribution in [2.45, 2.75) is 69.4 Å². The van der Waals surface area contributed by atoms with Crippen molar-refractivity contribution >= 4 is 62.5 Å². The van der Waals surface area contributed by atoms with Gasteiger partial charge in [-0.3, -0.25) is 14.6 Å². The molecule has 0 radical (unpaired) electrons. The van der Waals surface area contributed by atoms with Crippen molar-refractivity contribution in [2.24, 2.45) is 5.41 Å². The van der Waals surface area contributed by atoms with E-state index in [0.717, 1.165) is 50.5 Å². The molecule has 1 saturated heterocycles. The third kappa shape index (κ3) is 5.66. The molecule has 1 saturated carbocycles. The van der Waals surface area contributed by atoms with Crippen LogP contribution in [0.5, 0.6) is 0 Å². The summed E-state index contributed by atoms with van der Waals surface area (Å²) in [4.78, 5) is 42.4. The van der Waals surface area contributed by atoms with Crippen molar-refractivity contribution in [3.63, 3.8) is 0 Å². The highest BCUT2D eigenvalue weighted by molar-refractivity contribution is 9.12. The van der Waals surface area contributed by atoms with Crippen molar-refractivity contribution in [1.82, 2.24) is 10.3 Å². The first-order valence-corrected chi connectivity index (χ1v) is 15.0. The molecule has 5 rings (SSSR count). The van der Waals surface area contributed by atoms with E-state index in [1.807, 2.05) is 12.1 Å². The van der Waals surface area contributed by atoms with Crippen LogP contribution < -0.4 is 10.6 Å². The number of nitrogens with zero attached hydrogens (tertiary/aromatic N) is 1. The number of ketones is 1. The Hall–Kier alpha value is -2.46. The highest BCUT2D eigenvalue weighted by Gasteiger charge is 2.54. The van der Waals surface area contributed by atoms with Gasteiger partial charge >= 0.3 is 5.97 Å². The lowest BCUT2D eigenvalue weighted by atomic mass is 9.62. The number of nitrogens with one attached hydrogen (secondary N) is 2. The number of rotatable bonds is 9. The second kappa shape index (κ2) is 12.2. The van der Waals surface area contributed by atoms with E-state index in [2.05, 4.69) is 31.5 Å². The third-order valence-electron chi connectivity index (χ3n) is 8.23. The minimum Gasteiger partial charge on any atom is -0.480 e. The summed E-state index contributed by atoms with van der Waals surface area (Å²) in [6.45, 7) is 0.655. The molecule has 1 aliphatic heterocycles. The molecule has 3 atom stereocenters. The van der Waals surface area contributed by atoms with Crippen LogP contribution in [0.3, 0.4) is 0 Å². The van der Waals surface area contributed by atoms with Crippen molar-refractivity contribution < 1.29 is 24.2 Å². The zero-order valence-electron chi connectivity index (χ0n) is 21.7. The molecule has 40 heavy (non-hydrogen) atoms.